The van der Waals surface area contributed by atoms with Gasteiger partial charge in [-0.05, 0) is 55.3 Å². The van der Waals surface area contributed by atoms with Gasteiger partial charge in [0.25, 0.3) is 0 Å². The topological polar surface area (TPSA) is 9.23 Å². The molecule has 0 saturated heterocycles. The summed E-state index contributed by atoms with van der Waals surface area (Å²) >= 11 is 3.75. The Morgan fingerprint density at radius 3 is 2.22 bits per heavy atom. The Labute approximate surface area is 122 Å². The Morgan fingerprint density at radius 1 is 1.17 bits per heavy atom. The predicted octanol–water partition coefficient (Wildman–Crippen LogP) is 5.42. The molecule has 0 heterocycles. The van der Waals surface area contributed by atoms with E-state index in [-0.39, 0.29) is 0 Å². The predicted molar refractivity (Wildman–Crippen MR) is 83.4 cm³/mol. The number of hydrogen-bond acceptors (Lipinski definition) is 1. The summed E-state index contributed by atoms with van der Waals surface area (Å²) in [5, 5.41) is 1.15. The fraction of sp³-hybridized carbons (Fsp3) is 1.00. The van der Waals surface area contributed by atoms with E-state index in [0.717, 1.165) is 30.9 Å². The zero-order valence-corrected chi connectivity index (χ0v) is 14.3. The van der Waals surface area contributed by atoms with E-state index in [1.54, 1.807) is 0 Å². The lowest BCUT2D eigenvalue weighted by molar-refractivity contribution is 0.0562. The minimum absolute atomic E-state index is 0.483. The minimum Gasteiger partial charge on any atom is -0.381 e. The summed E-state index contributed by atoms with van der Waals surface area (Å²) < 4.78 is 5.69. The second-order valence-electron chi connectivity index (χ2n) is 7.14. The largest absolute Gasteiger partial charge is 0.381 e. The van der Waals surface area contributed by atoms with Crippen LogP contribution in [0.15, 0.2) is 0 Å². The summed E-state index contributed by atoms with van der Waals surface area (Å²) in [6.45, 7) is 11.2. The number of halogens is 1. The van der Waals surface area contributed by atoms with E-state index in [1.807, 2.05) is 0 Å². The first-order chi connectivity index (χ1) is 8.43. The molecule has 0 bridgehead atoms. The maximum atomic E-state index is 5.69. The highest BCUT2D eigenvalue weighted by Crippen LogP contribution is 2.47. The fourth-order valence-corrected chi connectivity index (χ4v) is 3.92. The van der Waals surface area contributed by atoms with Gasteiger partial charge in [-0.3, -0.25) is 0 Å². The molecule has 1 saturated carbocycles. The third-order valence-electron chi connectivity index (χ3n) is 4.68. The van der Waals surface area contributed by atoms with Gasteiger partial charge in [-0.15, -0.1) is 0 Å². The third kappa shape index (κ3) is 4.85. The quantitative estimate of drug-likeness (QED) is 0.469. The molecule has 0 unspecified atom stereocenters. The average molecular weight is 319 g/mol. The van der Waals surface area contributed by atoms with Crippen LogP contribution in [0.25, 0.3) is 0 Å². The first-order valence-electron chi connectivity index (χ1n) is 7.57. The molecule has 0 radical (unpaired) electrons. The lowest BCUT2D eigenvalue weighted by Crippen LogP contribution is -2.34. The van der Waals surface area contributed by atoms with E-state index in [9.17, 15) is 0 Å². The molecule has 0 aromatic rings. The van der Waals surface area contributed by atoms with Crippen molar-refractivity contribution >= 4 is 15.9 Å². The van der Waals surface area contributed by atoms with Crippen molar-refractivity contribution in [3.05, 3.63) is 0 Å². The molecule has 0 aromatic heterocycles. The SMILES string of the molecule is CCCOCCC1(CBr)CCC(C(C)(C)C)CC1. The van der Waals surface area contributed by atoms with Crippen LogP contribution < -0.4 is 0 Å². The number of hydrogen-bond donors (Lipinski definition) is 0. The van der Waals surface area contributed by atoms with Gasteiger partial charge in [-0.25, -0.2) is 0 Å². The molecule has 1 rings (SSSR count). The van der Waals surface area contributed by atoms with Crippen LogP contribution in [0, 0.1) is 16.7 Å². The Hall–Kier alpha value is 0.440. The molecular formula is C16H31BrO. The van der Waals surface area contributed by atoms with Crippen LogP contribution in [0.5, 0.6) is 0 Å². The van der Waals surface area contributed by atoms with Gasteiger partial charge in [0.15, 0.2) is 0 Å². The summed E-state index contributed by atoms with van der Waals surface area (Å²) in [6, 6.07) is 0. The molecule has 1 nitrogen and oxygen atoms in total. The minimum atomic E-state index is 0.483. The molecule has 2 heteroatoms. The summed E-state index contributed by atoms with van der Waals surface area (Å²) in [6.07, 6.45) is 7.89. The first kappa shape index (κ1) is 16.5. The molecule has 1 fully saturated rings. The van der Waals surface area contributed by atoms with Gasteiger partial charge in [0.05, 0.1) is 0 Å². The van der Waals surface area contributed by atoms with Crippen molar-refractivity contribution in [3.8, 4) is 0 Å². The summed E-state index contributed by atoms with van der Waals surface area (Å²) in [7, 11) is 0. The average Bonchev–Trinajstić information content (AvgIpc) is 2.34. The fourth-order valence-electron chi connectivity index (χ4n) is 3.08. The monoisotopic (exact) mass is 318 g/mol. The first-order valence-corrected chi connectivity index (χ1v) is 8.69. The highest BCUT2D eigenvalue weighted by atomic mass is 79.9. The third-order valence-corrected chi connectivity index (χ3v) is 5.87. The van der Waals surface area contributed by atoms with Crippen LogP contribution >= 0.6 is 15.9 Å². The Kier molecular flexibility index (Phi) is 6.67. The van der Waals surface area contributed by atoms with Crippen molar-refractivity contribution in [2.45, 2.75) is 66.2 Å². The van der Waals surface area contributed by atoms with Crippen molar-refractivity contribution < 1.29 is 4.74 Å². The maximum absolute atomic E-state index is 5.69. The summed E-state index contributed by atoms with van der Waals surface area (Å²) in [4.78, 5) is 0. The Balaban J connectivity index is 2.40. The summed E-state index contributed by atoms with van der Waals surface area (Å²) in [5.41, 5.74) is 0.993. The highest BCUT2D eigenvalue weighted by Gasteiger charge is 2.37. The smallest absolute Gasteiger partial charge is 0.0471 e. The maximum Gasteiger partial charge on any atom is 0.0471 e. The molecule has 18 heavy (non-hydrogen) atoms. The second kappa shape index (κ2) is 7.28. The van der Waals surface area contributed by atoms with Gasteiger partial charge < -0.3 is 4.74 Å². The molecular weight excluding hydrogens is 288 g/mol. The second-order valence-corrected chi connectivity index (χ2v) is 7.70. The molecule has 0 aliphatic heterocycles. The van der Waals surface area contributed by atoms with Crippen LogP contribution in [-0.4, -0.2) is 18.5 Å². The van der Waals surface area contributed by atoms with Crippen LogP contribution in [-0.2, 0) is 4.74 Å². The van der Waals surface area contributed by atoms with Crippen LogP contribution in [0.3, 0.4) is 0 Å². The molecule has 0 atom stereocenters. The highest BCUT2D eigenvalue weighted by molar-refractivity contribution is 9.09. The van der Waals surface area contributed by atoms with Gasteiger partial charge in [-0.2, -0.15) is 0 Å². The van der Waals surface area contributed by atoms with E-state index in [0.29, 0.717) is 10.8 Å². The Morgan fingerprint density at radius 2 is 1.78 bits per heavy atom. The molecule has 108 valence electrons. The van der Waals surface area contributed by atoms with Crippen LogP contribution in [0.4, 0.5) is 0 Å². The van der Waals surface area contributed by atoms with Crippen molar-refractivity contribution in [2.75, 3.05) is 18.5 Å². The van der Waals surface area contributed by atoms with Gasteiger partial charge >= 0.3 is 0 Å². The molecule has 1 aliphatic rings. The van der Waals surface area contributed by atoms with Crippen molar-refractivity contribution in [1.29, 1.82) is 0 Å². The van der Waals surface area contributed by atoms with Crippen molar-refractivity contribution in [3.63, 3.8) is 0 Å². The van der Waals surface area contributed by atoms with Gasteiger partial charge in [0, 0.05) is 18.5 Å². The van der Waals surface area contributed by atoms with E-state index in [1.165, 1.54) is 32.1 Å². The standard InChI is InChI=1S/C16H31BrO/c1-5-11-18-12-10-16(13-17)8-6-14(7-9-16)15(2,3)4/h14H,5-13H2,1-4H3. The van der Waals surface area contributed by atoms with Crippen LogP contribution in [0.1, 0.15) is 66.2 Å². The zero-order valence-electron chi connectivity index (χ0n) is 12.7. The lowest BCUT2D eigenvalue weighted by atomic mass is 9.64. The van der Waals surface area contributed by atoms with Gasteiger partial charge in [-0.1, -0.05) is 43.6 Å². The number of ether oxygens (including phenoxy) is 1. The van der Waals surface area contributed by atoms with Crippen molar-refractivity contribution in [1.82, 2.24) is 0 Å². The number of rotatable bonds is 6. The van der Waals surface area contributed by atoms with Gasteiger partial charge in [0.2, 0.25) is 0 Å². The van der Waals surface area contributed by atoms with E-state index < -0.39 is 0 Å². The zero-order chi connectivity index (χ0) is 13.6. The molecule has 0 amide bonds. The number of alkyl halides is 1. The van der Waals surface area contributed by atoms with Crippen LogP contribution in [0.2, 0.25) is 0 Å². The molecule has 0 aromatic carbocycles. The molecule has 1 aliphatic carbocycles. The van der Waals surface area contributed by atoms with E-state index in [2.05, 4.69) is 43.6 Å². The normalized spacial score (nSPS) is 29.5. The van der Waals surface area contributed by atoms with Gasteiger partial charge in [0.1, 0.15) is 0 Å². The molecule has 0 spiro atoms. The van der Waals surface area contributed by atoms with Crippen molar-refractivity contribution in [2.24, 2.45) is 16.7 Å². The van der Waals surface area contributed by atoms with E-state index >= 15 is 0 Å². The lowest BCUT2D eigenvalue weighted by Gasteiger charge is -2.43. The molecule has 0 N–H and O–H groups in total. The Bertz CT molecular complexity index is 224. The summed E-state index contributed by atoms with van der Waals surface area (Å²) in [5.74, 6) is 0.904. The van der Waals surface area contributed by atoms with E-state index in [4.69, 9.17) is 4.74 Å².